The standard InChI is InChI=1S/C14H21N3O/c1-11(12-6-5-8-15-10-12)17-14(18)13-7-3-2-4-9-16-13/h5-6,8,10-11,13,16H,2-4,7,9H2,1H3,(H,17,18)/t11-,13?/m1/s1. The Morgan fingerprint density at radius 3 is 3.17 bits per heavy atom. The number of hydrogen-bond acceptors (Lipinski definition) is 3. The van der Waals surface area contributed by atoms with Crippen LogP contribution in [0.2, 0.25) is 0 Å². The maximum absolute atomic E-state index is 12.1. The molecule has 1 aromatic rings. The molecular formula is C14H21N3O. The highest BCUT2D eigenvalue weighted by molar-refractivity contribution is 5.82. The summed E-state index contributed by atoms with van der Waals surface area (Å²) in [4.78, 5) is 16.2. The normalized spacial score (nSPS) is 21.9. The molecule has 1 aromatic heterocycles. The van der Waals surface area contributed by atoms with Gasteiger partial charge in [-0.05, 0) is 37.9 Å². The lowest BCUT2D eigenvalue weighted by Gasteiger charge is -2.19. The van der Waals surface area contributed by atoms with Gasteiger partial charge < -0.3 is 10.6 Å². The fourth-order valence-electron chi connectivity index (χ4n) is 2.28. The van der Waals surface area contributed by atoms with E-state index in [2.05, 4.69) is 15.6 Å². The molecule has 4 nitrogen and oxygen atoms in total. The number of carbonyl (C=O) groups excluding carboxylic acids is 1. The molecule has 4 heteroatoms. The van der Waals surface area contributed by atoms with Crippen molar-refractivity contribution in [3.8, 4) is 0 Å². The van der Waals surface area contributed by atoms with Gasteiger partial charge in [0.1, 0.15) is 0 Å². The second-order valence-corrected chi connectivity index (χ2v) is 4.87. The second kappa shape index (κ2) is 6.50. The van der Waals surface area contributed by atoms with E-state index in [1.165, 1.54) is 12.8 Å². The molecule has 0 saturated carbocycles. The van der Waals surface area contributed by atoms with Crippen LogP contribution in [0.1, 0.15) is 44.2 Å². The monoisotopic (exact) mass is 247 g/mol. The third-order valence-electron chi connectivity index (χ3n) is 3.42. The average Bonchev–Trinajstić information content (AvgIpc) is 2.68. The summed E-state index contributed by atoms with van der Waals surface area (Å²) in [5.41, 5.74) is 1.04. The largest absolute Gasteiger partial charge is 0.348 e. The maximum atomic E-state index is 12.1. The Balaban J connectivity index is 1.90. The van der Waals surface area contributed by atoms with E-state index in [-0.39, 0.29) is 18.0 Å². The molecule has 0 radical (unpaired) electrons. The Morgan fingerprint density at radius 2 is 2.39 bits per heavy atom. The number of carbonyl (C=O) groups is 1. The minimum Gasteiger partial charge on any atom is -0.348 e. The number of rotatable bonds is 3. The lowest BCUT2D eigenvalue weighted by molar-refractivity contribution is -0.123. The summed E-state index contributed by atoms with van der Waals surface area (Å²) in [5, 5.41) is 6.36. The zero-order valence-electron chi connectivity index (χ0n) is 10.9. The fraction of sp³-hybridized carbons (Fsp3) is 0.571. The molecule has 2 N–H and O–H groups in total. The Bertz CT molecular complexity index is 372. The predicted octanol–water partition coefficient (Wildman–Crippen LogP) is 1.79. The molecule has 18 heavy (non-hydrogen) atoms. The van der Waals surface area contributed by atoms with Crippen molar-refractivity contribution in [1.82, 2.24) is 15.6 Å². The van der Waals surface area contributed by atoms with E-state index >= 15 is 0 Å². The predicted molar refractivity (Wildman–Crippen MR) is 71.1 cm³/mol. The van der Waals surface area contributed by atoms with Crippen LogP contribution in [0, 0.1) is 0 Å². The van der Waals surface area contributed by atoms with Crippen molar-refractivity contribution in [2.75, 3.05) is 6.54 Å². The van der Waals surface area contributed by atoms with E-state index in [0.29, 0.717) is 0 Å². The third-order valence-corrected chi connectivity index (χ3v) is 3.42. The summed E-state index contributed by atoms with van der Waals surface area (Å²) in [7, 11) is 0. The first-order valence-corrected chi connectivity index (χ1v) is 6.71. The first kappa shape index (κ1) is 13.0. The quantitative estimate of drug-likeness (QED) is 0.856. The SMILES string of the molecule is C[C@@H](NC(=O)C1CCCCCN1)c1cccnc1. The number of pyridine rings is 1. The Labute approximate surface area is 108 Å². The molecule has 1 aliphatic rings. The fourth-order valence-corrected chi connectivity index (χ4v) is 2.28. The van der Waals surface area contributed by atoms with Crippen LogP contribution in [0.4, 0.5) is 0 Å². The van der Waals surface area contributed by atoms with Gasteiger partial charge in [-0.15, -0.1) is 0 Å². The molecule has 0 aliphatic carbocycles. The van der Waals surface area contributed by atoms with E-state index < -0.39 is 0 Å². The minimum atomic E-state index is -0.0355. The van der Waals surface area contributed by atoms with E-state index in [1.807, 2.05) is 19.1 Å². The maximum Gasteiger partial charge on any atom is 0.237 e. The first-order valence-electron chi connectivity index (χ1n) is 6.71. The van der Waals surface area contributed by atoms with Crippen LogP contribution in [0.15, 0.2) is 24.5 Å². The molecule has 1 unspecified atom stereocenters. The summed E-state index contributed by atoms with van der Waals surface area (Å²) in [6, 6.07) is 3.85. The first-order chi connectivity index (χ1) is 8.77. The van der Waals surface area contributed by atoms with Gasteiger partial charge in [-0.1, -0.05) is 18.9 Å². The van der Waals surface area contributed by atoms with Crippen LogP contribution in [0.25, 0.3) is 0 Å². The lowest BCUT2D eigenvalue weighted by Crippen LogP contribution is -2.44. The van der Waals surface area contributed by atoms with Gasteiger partial charge in [0, 0.05) is 12.4 Å². The van der Waals surface area contributed by atoms with Gasteiger partial charge >= 0.3 is 0 Å². The van der Waals surface area contributed by atoms with Gasteiger partial charge in [0.25, 0.3) is 0 Å². The number of amides is 1. The van der Waals surface area contributed by atoms with E-state index in [1.54, 1.807) is 12.4 Å². The van der Waals surface area contributed by atoms with Gasteiger partial charge in [-0.2, -0.15) is 0 Å². The van der Waals surface area contributed by atoms with Crippen molar-refractivity contribution in [3.05, 3.63) is 30.1 Å². The highest BCUT2D eigenvalue weighted by Gasteiger charge is 2.21. The number of aromatic nitrogens is 1. The zero-order valence-corrected chi connectivity index (χ0v) is 10.9. The molecule has 1 fully saturated rings. The number of hydrogen-bond donors (Lipinski definition) is 2. The molecule has 1 amide bonds. The average molecular weight is 247 g/mol. The molecule has 0 spiro atoms. The molecule has 1 saturated heterocycles. The van der Waals surface area contributed by atoms with Crippen molar-refractivity contribution in [2.45, 2.75) is 44.7 Å². The minimum absolute atomic E-state index is 0.0104. The van der Waals surface area contributed by atoms with Crippen LogP contribution in [-0.4, -0.2) is 23.5 Å². The van der Waals surface area contributed by atoms with Gasteiger partial charge in [-0.25, -0.2) is 0 Å². The van der Waals surface area contributed by atoms with Crippen molar-refractivity contribution >= 4 is 5.91 Å². The molecular weight excluding hydrogens is 226 g/mol. The van der Waals surface area contributed by atoms with Crippen LogP contribution in [-0.2, 0) is 4.79 Å². The molecule has 2 atom stereocenters. The van der Waals surface area contributed by atoms with E-state index in [4.69, 9.17) is 0 Å². The van der Waals surface area contributed by atoms with Gasteiger partial charge in [-0.3, -0.25) is 9.78 Å². The van der Waals surface area contributed by atoms with E-state index in [0.717, 1.165) is 24.9 Å². The highest BCUT2D eigenvalue weighted by atomic mass is 16.2. The topological polar surface area (TPSA) is 54.0 Å². The second-order valence-electron chi connectivity index (χ2n) is 4.87. The summed E-state index contributed by atoms with van der Waals surface area (Å²) in [5.74, 6) is 0.105. The zero-order chi connectivity index (χ0) is 12.8. The van der Waals surface area contributed by atoms with Crippen LogP contribution < -0.4 is 10.6 Å². The van der Waals surface area contributed by atoms with Crippen molar-refractivity contribution in [1.29, 1.82) is 0 Å². The highest BCUT2D eigenvalue weighted by Crippen LogP contribution is 2.12. The molecule has 2 heterocycles. The smallest absolute Gasteiger partial charge is 0.237 e. The Morgan fingerprint density at radius 1 is 1.50 bits per heavy atom. The summed E-state index contributed by atoms with van der Waals surface area (Å²) in [6.45, 7) is 2.94. The van der Waals surface area contributed by atoms with Crippen LogP contribution in [0.5, 0.6) is 0 Å². The number of nitrogens with zero attached hydrogens (tertiary/aromatic N) is 1. The van der Waals surface area contributed by atoms with E-state index in [9.17, 15) is 4.79 Å². The third kappa shape index (κ3) is 3.53. The molecule has 0 aromatic carbocycles. The molecule has 0 bridgehead atoms. The molecule has 1 aliphatic heterocycles. The number of nitrogens with one attached hydrogen (secondary N) is 2. The van der Waals surface area contributed by atoms with Gasteiger partial charge in [0.2, 0.25) is 5.91 Å². The molecule has 2 rings (SSSR count). The van der Waals surface area contributed by atoms with Gasteiger partial charge in [0.05, 0.1) is 12.1 Å². The Kier molecular flexibility index (Phi) is 4.70. The summed E-state index contributed by atoms with van der Waals surface area (Å²) < 4.78 is 0. The van der Waals surface area contributed by atoms with Gasteiger partial charge in [0.15, 0.2) is 0 Å². The van der Waals surface area contributed by atoms with Crippen molar-refractivity contribution < 1.29 is 4.79 Å². The summed E-state index contributed by atoms with van der Waals surface area (Å²) in [6.07, 6.45) is 7.99. The lowest BCUT2D eigenvalue weighted by atomic mass is 10.1. The van der Waals surface area contributed by atoms with Crippen LogP contribution >= 0.6 is 0 Å². The van der Waals surface area contributed by atoms with Crippen molar-refractivity contribution in [2.24, 2.45) is 0 Å². The molecule has 98 valence electrons. The van der Waals surface area contributed by atoms with Crippen molar-refractivity contribution in [3.63, 3.8) is 0 Å². The Hall–Kier alpha value is -1.42. The summed E-state index contributed by atoms with van der Waals surface area (Å²) >= 11 is 0. The van der Waals surface area contributed by atoms with Crippen LogP contribution in [0.3, 0.4) is 0 Å².